The van der Waals surface area contributed by atoms with Crippen molar-refractivity contribution in [1.29, 1.82) is 0 Å². The van der Waals surface area contributed by atoms with E-state index in [0.29, 0.717) is 5.75 Å². The molecule has 1 aliphatic rings. The number of carbonyl (C=O) groups excluding carboxylic acids is 1. The second kappa shape index (κ2) is 7.77. The molecule has 23 heavy (non-hydrogen) atoms. The van der Waals surface area contributed by atoms with Crippen LogP contribution in [0.1, 0.15) is 37.9 Å². The summed E-state index contributed by atoms with van der Waals surface area (Å²) in [5, 5.41) is 1.94. The van der Waals surface area contributed by atoms with E-state index >= 15 is 0 Å². The number of nitrogens with zero attached hydrogens (tertiary/aromatic N) is 3. The largest absolute Gasteiger partial charge is 0.342 e. The molecule has 0 atom stereocenters. The highest BCUT2D eigenvalue weighted by molar-refractivity contribution is 8.00. The first-order valence-corrected chi connectivity index (χ1v) is 9.36. The SMILES string of the molecule is Cc1nc(SCC(=O)N2CCCCCCC2)c2ccccc2n1. The maximum atomic E-state index is 12.5. The van der Waals surface area contributed by atoms with Gasteiger partial charge < -0.3 is 4.90 Å². The summed E-state index contributed by atoms with van der Waals surface area (Å²) in [7, 11) is 0. The van der Waals surface area contributed by atoms with E-state index < -0.39 is 0 Å². The lowest BCUT2D eigenvalue weighted by Crippen LogP contribution is -2.35. The van der Waals surface area contributed by atoms with Gasteiger partial charge in [-0.15, -0.1) is 0 Å². The van der Waals surface area contributed by atoms with E-state index in [1.165, 1.54) is 31.0 Å². The molecule has 1 fully saturated rings. The molecule has 2 heterocycles. The number of likely N-dealkylation sites (tertiary alicyclic amines) is 1. The minimum atomic E-state index is 0.234. The molecule has 5 heteroatoms. The first-order valence-electron chi connectivity index (χ1n) is 8.38. The molecule has 1 aromatic carbocycles. The van der Waals surface area contributed by atoms with Crippen LogP contribution in [0.2, 0.25) is 0 Å². The van der Waals surface area contributed by atoms with Gasteiger partial charge in [-0.05, 0) is 25.8 Å². The van der Waals surface area contributed by atoms with Crippen molar-refractivity contribution < 1.29 is 4.79 Å². The number of benzene rings is 1. The molecule has 1 amide bonds. The van der Waals surface area contributed by atoms with Crippen LogP contribution in [-0.4, -0.2) is 39.6 Å². The first kappa shape index (κ1) is 16.2. The number of aryl methyl sites for hydroxylation is 1. The number of fused-ring (bicyclic) bond motifs is 1. The fourth-order valence-electron chi connectivity index (χ4n) is 2.99. The number of amides is 1. The summed E-state index contributed by atoms with van der Waals surface area (Å²) < 4.78 is 0. The standard InChI is InChI=1S/C18H23N3OS/c1-14-19-16-10-6-5-9-15(16)18(20-14)23-13-17(22)21-11-7-3-2-4-8-12-21/h5-6,9-10H,2-4,7-8,11-13H2,1H3. The molecule has 4 nitrogen and oxygen atoms in total. The van der Waals surface area contributed by atoms with Crippen LogP contribution in [-0.2, 0) is 4.79 Å². The van der Waals surface area contributed by atoms with Gasteiger partial charge in [0.2, 0.25) is 5.91 Å². The minimum Gasteiger partial charge on any atom is -0.342 e. The number of thioether (sulfide) groups is 1. The average molecular weight is 329 g/mol. The van der Waals surface area contributed by atoms with Crippen molar-refractivity contribution in [3.05, 3.63) is 30.1 Å². The molecule has 0 N–H and O–H groups in total. The monoisotopic (exact) mass is 329 g/mol. The second-order valence-electron chi connectivity index (χ2n) is 6.03. The zero-order chi connectivity index (χ0) is 16.1. The van der Waals surface area contributed by atoms with Gasteiger partial charge in [0, 0.05) is 18.5 Å². The van der Waals surface area contributed by atoms with Gasteiger partial charge in [-0.1, -0.05) is 49.2 Å². The molecular weight excluding hydrogens is 306 g/mol. The Hall–Kier alpha value is -1.62. The Balaban J connectivity index is 1.69. The summed E-state index contributed by atoms with van der Waals surface area (Å²) >= 11 is 1.54. The van der Waals surface area contributed by atoms with Gasteiger partial charge >= 0.3 is 0 Å². The number of carbonyl (C=O) groups is 1. The predicted molar refractivity (Wildman–Crippen MR) is 94.7 cm³/mol. The predicted octanol–water partition coefficient (Wildman–Crippen LogP) is 3.82. The van der Waals surface area contributed by atoms with E-state index in [1.54, 1.807) is 0 Å². The van der Waals surface area contributed by atoms with Crippen LogP contribution in [0, 0.1) is 6.92 Å². The fraction of sp³-hybridized carbons (Fsp3) is 0.500. The third-order valence-electron chi connectivity index (χ3n) is 4.22. The molecule has 1 saturated heterocycles. The van der Waals surface area contributed by atoms with Crippen LogP contribution in [0.3, 0.4) is 0 Å². The van der Waals surface area contributed by atoms with E-state index in [-0.39, 0.29) is 5.91 Å². The molecule has 2 aromatic rings. The molecule has 0 spiro atoms. The van der Waals surface area contributed by atoms with Crippen LogP contribution < -0.4 is 0 Å². The number of para-hydroxylation sites is 1. The van der Waals surface area contributed by atoms with Crippen LogP contribution in [0.5, 0.6) is 0 Å². The van der Waals surface area contributed by atoms with Gasteiger partial charge in [0.05, 0.1) is 11.3 Å². The smallest absolute Gasteiger partial charge is 0.232 e. The molecule has 122 valence electrons. The Bertz CT molecular complexity index is 681. The maximum absolute atomic E-state index is 12.5. The molecule has 0 radical (unpaired) electrons. The summed E-state index contributed by atoms with van der Waals surface area (Å²) in [5.74, 6) is 1.45. The lowest BCUT2D eigenvalue weighted by molar-refractivity contribution is -0.128. The Labute approximate surface area is 141 Å². The molecule has 0 saturated carbocycles. The maximum Gasteiger partial charge on any atom is 0.232 e. The highest BCUT2D eigenvalue weighted by Crippen LogP contribution is 2.25. The molecule has 1 aliphatic heterocycles. The molecule has 0 unspecified atom stereocenters. The van der Waals surface area contributed by atoms with Gasteiger partial charge in [-0.25, -0.2) is 9.97 Å². The summed E-state index contributed by atoms with van der Waals surface area (Å²) in [5.41, 5.74) is 0.946. The Kier molecular flexibility index (Phi) is 5.49. The second-order valence-corrected chi connectivity index (χ2v) is 6.99. The van der Waals surface area contributed by atoms with Crippen LogP contribution in [0.4, 0.5) is 0 Å². The molecule has 3 rings (SSSR count). The lowest BCUT2D eigenvalue weighted by Gasteiger charge is -2.24. The zero-order valence-corrected chi connectivity index (χ0v) is 14.4. The molecule has 0 aliphatic carbocycles. The average Bonchev–Trinajstić information content (AvgIpc) is 2.52. The van der Waals surface area contributed by atoms with Gasteiger partial charge in [-0.3, -0.25) is 4.79 Å². The molecule has 1 aromatic heterocycles. The van der Waals surface area contributed by atoms with Crippen molar-refractivity contribution in [2.24, 2.45) is 0 Å². The van der Waals surface area contributed by atoms with Crippen molar-refractivity contribution in [2.45, 2.75) is 44.1 Å². The summed E-state index contributed by atoms with van der Waals surface area (Å²) in [4.78, 5) is 23.5. The normalized spacial score (nSPS) is 16.1. The van der Waals surface area contributed by atoms with Gasteiger partial charge in [0.25, 0.3) is 0 Å². The number of aromatic nitrogens is 2. The molecule has 0 bridgehead atoms. The summed E-state index contributed by atoms with van der Waals surface area (Å²) in [6.45, 7) is 3.71. The topological polar surface area (TPSA) is 46.1 Å². The van der Waals surface area contributed by atoms with Crippen LogP contribution in [0.25, 0.3) is 10.9 Å². The van der Waals surface area contributed by atoms with E-state index in [1.807, 2.05) is 36.1 Å². The Morgan fingerprint density at radius 2 is 1.78 bits per heavy atom. The van der Waals surface area contributed by atoms with Crippen molar-refractivity contribution in [1.82, 2.24) is 14.9 Å². The van der Waals surface area contributed by atoms with E-state index in [4.69, 9.17) is 0 Å². The van der Waals surface area contributed by atoms with Gasteiger partial charge in [0.1, 0.15) is 10.9 Å². The number of hydrogen-bond acceptors (Lipinski definition) is 4. The zero-order valence-electron chi connectivity index (χ0n) is 13.6. The summed E-state index contributed by atoms with van der Waals surface area (Å²) in [6.07, 6.45) is 6.06. The van der Waals surface area contributed by atoms with E-state index in [9.17, 15) is 4.79 Å². The first-order chi connectivity index (χ1) is 11.2. The van der Waals surface area contributed by atoms with Crippen molar-refractivity contribution >= 4 is 28.6 Å². The van der Waals surface area contributed by atoms with Crippen molar-refractivity contribution in [3.63, 3.8) is 0 Å². The van der Waals surface area contributed by atoms with Gasteiger partial charge in [0.15, 0.2) is 0 Å². The van der Waals surface area contributed by atoms with E-state index in [2.05, 4.69) is 9.97 Å². The quantitative estimate of drug-likeness (QED) is 0.634. The van der Waals surface area contributed by atoms with E-state index in [0.717, 1.165) is 47.7 Å². The van der Waals surface area contributed by atoms with Gasteiger partial charge in [-0.2, -0.15) is 0 Å². The minimum absolute atomic E-state index is 0.234. The number of rotatable bonds is 3. The third-order valence-corrected chi connectivity index (χ3v) is 5.20. The lowest BCUT2D eigenvalue weighted by atomic mass is 10.1. The van der Waals surface area contributed by atoms with Crippen LogP contribution >= 0.6 is 11.8 Å². The fourth-order valence-corrected chi connectivity index (χ4v) is 3.95. The van der Waals surface area contributed by atoms with Crippen molar-refractivity contribution in [3.8, 4) is 0 Å². The summed E-state index contributed by atoms with van der Waals surface area (Å²) in [6, 6.07) is 7.99. The third kappa shape index (κ3) is 4.22. The Morgan fingerprint density at radius 1 is 1.09 bits per heavy atom. The van der Waals surface area contributed by atoms with Crippen LogP contribution in [0.15, 0.2) is 29.3 Å². The number of hydrogen-bond donors (Lipinski definition) is 0. The highest BCUT2D eigenvalue weighted by Gasteiger charge is 2.16. The van der Waals surface area contributed by atoms with Crippen molar-refractivity contribution in [2.75, 3.05) is 18.8 Å². The highest BCUT2D eigenvalue weighted by atomic mass is 32.2. The Morgan fingerprint density at radius 3 is 2.57 bits per heavy atom. The molecular formula is C18H23N3OS.